The Morgan fingerprint density at radius 1 is 1.20 bits per heavy atom. The van der Waals surface area contributed by atoms with Gasteiger partial charge in [-0.3, -0.25) is 0 Å². The van der Waals surface area contributed by atoms with E-state index in [9.17, 15) is 0 Å². The van der Waals surface area contributed by atoms with Crippen LogP contribution in [0.15, 0.2) is 46.9 Å². The van der Waals surface area contributed by atoms with E-state index in [4.69, 9.17) is 9.94 Å². The molecule has 2 aromatic rings. The molecular weight excluding hydrogens is 270 g/mol. The van der Waals surface area contributed by atoms with Crippen molar-refractivity contribution < 1.29 is 9.94 Å². The topological polar surface area (TPSA) is 41.8 Å². The molecule has 0 spiro atoms. The molecule has 0 saturated heterocycles. The Kier molecular flexibility index (Phi) is 5.62. The third-order valence-corrected chi connectivity index (χ3v) is 4.00. The smallest absolute Gasteiger partial charge is 0.119 e. The number of oxime groups is 1. The second-order valence-corrected chi connectivity index (χ2v) is 5.69. The largest absolute Gasteiger partial charge is 0.493 e. The van der Waals surface area contributed by atoms with Gasteiger partial charge in [-0.15, -0.1) is 11.3 Å². The lowest BCUT2D eigenvalue weighted by atomic mass is 10.1. The first-order valence-electron chi connectivity index (χ1n) is 6.69. The molecule has 0 amide bonds. The second-order valence-electron chi connectivity index (χ2n) is 4.66. The maximum atomic E-state index is 8.60. The summed E-state index contributed by atoms with van der Waals surface area (Å²) in [7, 11) is 0. The third-order valence-electron chi connectivity index (χ3n) is 3.07. The lowest BCUT2D eigenvalue weighted by Gasteiger charge is -2.06. The van der Waals surface area contributed by atoms with E-state index in [0.29, 0.717) is 6.61 Å². The molecule has 0 bridgehead atoms. The van der Waals surface area contributed by atoms with Crippen molar-refractivity contribution in [3.8, 4) is 5.75 Å². The molecule has 0 atom stereocenters. The van der Waals surface area contributed by atoms with Gasteiger partial charge in [0, 0.05) is 11.3 Å². The van der Waals surface area contributed by atoms with Crippen molar-refractivity contribution in [2.24, 2.45) is 5.16 Å². The van der Waals surface area contributed by atoms with Gasteiger partial charge in [-0.1, -0.05) is 23.4 Å². The lowest BCUT2D eigenvalue weighted by Crippen LogP contribution is -2.00. The Bertz CT molecular complexity index is 532. The summed E-state index contributed by atoms with van der Waals surface area (Å²) >= 11 is 1.76. The van der Waals surface area contributed by atoms with Gasteiger partial charge in [0.25, 0.3) is 0 Å². The highest BCUT2D eigenvalue weighted by molar-refractivity contribution is 7.09. The van der Waals surface area contributed by atoms with Gasteiger partial charge in [0.1, 0.15) is 5.75 Å². The summed E-state index contributed by atoms with van der Waals surface area (Å²) in [6.07, 6.45) is 2.60. The molecule has 0 aliphatic carbocycles. The normalized spacial score (nSPS) is 11.6. The number of benzene rings is 1. The van der Waals surface area contributed by atoms with Crippen LogP contribution in [0.25, 0.3) is 0 Å². The van der Waals surface area contributed by atoms with Crippen molar-refractivity contribution >= 4 is 17.0 Å². The predicted molar refractivity (Wildman–Crippen MR) is 83.2 cm³/mol. The van der Waals surface area contributed by atoms with Crippen molar-refractivity contribution in [3.63, 3.8) is 0 Å². The van der Waals surface area contributed by atoms with E-state index < -0.39 is 0 Å². The average Bonchev–Trinajstić information content (AvgIpc) is 2.99. The van der Waals surface area contributed by atoms with Gasteiger partial charge in [-0.25, -0.2) is 0 Å². The van der Waals surface area contributed by atoms with Crippen molar-refractivity contribution in [2.75, 3.05) is 6.61 Å². The first kappa shape index (κ1) is 14.6. The highest BCUT2D eigenvalue weighted by atomic mass is 32.1. The fraction of sp³-hybridized carbons (Fsp3) is 0.312. The summed E-state index contributed by atoms with van der Waals surface area (Å²) in [5, 5.41) is 13.9. The van der Waals surface area contributed by atoms with Crippen LogP contribution in [0, 0.1) is 0 Å². The van der Waals surface area contributed by atoms with Gasteiger partial charge < -0.3 is 9.94 Å². The van der Waals surface area contributed by atoms with Gasteiger partial charge in [0.15, 0.2) is 0 Å². The fourth-order valence-corrected chi connectivity index (χ4v) is 2.54. The molecule has 3 nitrogen and oxygen atoms in total. The van der Waals surface area contributed by atoms with E-state index in [1.807, 2.05) is 19.1 Å². The van der Waals surface area contributed by atoms with Crippen molar-refractivity contribution in [2.45, 2.75) is 26.2 Å². The Morgan fingerprint density at radius 3 is 2.65 bits per heavy atom. The number of aryl methyl sites for hydroxylation is 1. The summed E-state index contributed by atoms with van der Waals surface area (Å²) in [4.78, 5) is 1.35. The minimum atomic E-state index is 0.705. The van der Waals surface area contributed by atoms with E-state index in [1.54, 1.807) is 11.3 Å². The number of hydrogen-bond acceptors (Lipinski definition) is 4. The van der Waals surface area contributed by atoms with E-state index in [1.165, 1.54) is 10.4 Å². The molecule has 1 N–H and O–H groups in total. The Morgan fingerprint density at radius 2 is 2.00 bits per heavy atom. The van der Waals surface area contributed by atoms with Crippen LogP contribution in [0.1, 0.15) is 23.8 Å². The first-order chi connectivity index (χ1) is 9.78. The van der Waals surface area contributed by atoms with Crippen molar-refractivity contribution in [3.05, 3.63) is 52.2 Å². The van der Waals surface area contributed by atoms with Gasteiger partial charge in [0.2, 0.25) is 0 Å². The number of thiophene rings is 1. The molecular formula is C16H19NO2S. The maximum absolute atomic E-state index is 8.60. The van der Waals surface area contributed by atoms with Crippen LogP contribution in [0.2, 0.25) is 0 Å². The van der Waals surface area contributed by atoms with E-state index in [-0.39, 0.29) is 0 Å². The number of ether oxygens (including phenoxy) is 1. The molecule has 4 heteroatoms. The SMILES string of the molecule is CC(CCc1ccc(OCCc2cccs2)cc1)=NO. The summed E-state index contributed by atoms with van der Waals surface area (Å²) in [6, 6.07) is 12.3. The molecule has 0 radical (unpaired) electrons. The van der Waals surface area contributed by atoms with Gasteiger partial charge in [-0.2, -0.15) is 0 Å². The van der Waals surface area contributed by atoms with Crippen molar-refractivity contribution in [1.82, 2.24) is 0 Å². The zero-order valence-electron chi connectivity index (χ0n) is 11.6. The number of hydrogen-bond donors (Lipinski definition) is 1. The molecule has 1 aromatic heterocycles. The highest BCUT2D eigenvalue weighted by Gasteiger charge is 1.99. The van der Waals surface area contributed by atoms with E-state index in [0.717, 1.165) is 30.7 Å². The molecule has 1 heterocycles. The minimum absolute atomic E-state index is 0.705. The highest BCUT2D eigenvalue weighted by Crippen LogP contribution is 2.15. The van der Waals surface area contributed by atoms with Gasteiger partial charge in [0.05, 0.1) is 12.3 Å². The molecule has 0 fully saturated rings. The quantitative estimate of drug-likeness (QED) is 0.472. The lowest BCUT2D eigenvalue weighted by molar-refractivity contribution is 0.317. The zero-order valence-corrected chi connectivity index (χ0v) is 12.4. The second kappa shape index (κ2) is 7.70. The van der Waals surface area contributed by atoms with E-state index >= 15 is 0 Å². The van der Waals surface area contributed by atoms with Crippen LogP contribution in [0.4, 0.5) is 0 Å². The first-order valence-corrected chi connectivity index (χ1v) is 7.57. The molecule has 20 heavy (non-hydrogen) atoms. The maximum Gasteiger partial charge on any atom is 0.119 e. The average molecular weight is 289 g/mol. The van der Waals surface area contributed by atoms with Gasteiger partial charge in [-0.05, 0) is 48.9 Å². The molecule has 0 aliphatic rings. The summed E-state index contributed by atoms with van der Waals surface area (Å²) in [5.74, 6) is 0.901. The van der Waals surface area contributed by atoms with Crippen LogP contribution in [-0.4, -0.2) is 17.5 Å². The molecule has 0 saturated carbocycles. The monoisotopic (exact) mass is 289 g/mol. The summed E-state index contributed by atoms with van der Waals surface area (Å²) in [6.45, 7) is 2.53. The minimum Gasteiger partial charge on any atom is -0.493 e. The molecule has 106 valence electrons. The third kappa shape index (κ3) is 4.70. The fourth-order valence-electron chi connectivity index (χ4n) is 1.85. The van der Waals surface area contributed by atoms with Crippen LogP contribution < -0.4 is 4.74 Å². The predicted octanol–water partition coefficient (Wildman–Crippen LogP) is 4.15. The van der Waals surface area contributed by atoms with Crippen LogP contribution in [-0.2, 0) is 12.8 Å². The molecule has 1 aromatic carbocycles. The van der Waals surface area contributed by atoms with Gasteiger partial charge >= 0.3 is 0 Å². The summed E-state index contributed by atoms with van der Waals surface area (Å²) in [5.41, 5.74) is 1.97. The Labute approximate surface area is 123 Å². The van der Waals surface area contributed by atoms with E-state index in [2.05, 4.69) is 34.8 Å². The van der Waals surface area contributed by atoms with Crippen LogP contribution in [0.3, 0.4) is 0 Å². The van der Waals surface area contributed by atoms with Crippen molar-refractivity contribution in [1.29, 1.82) is 0 Å². The molecule has 0 aliphatic heterocycles. The summed E-state index contributed by atoms with van der Waals surface area (Å²) < 4.78 is 5.72. The number of nitrogens with zero attached hydrogens (tertiary/aromatic N) is 1. The zero-order chi connectivity index (χ0) is 14.2. The number of rotatable bonds is 7. The Balaban J connectivity index is 1.76. The standard InChI is InChI=1S/C16H19NO2S/c1-13(17-18)4-5-14-6-8-15(9-7-14)19-11-10-16-3-2-12-20-16/h2-3,6-9,12,18H,4-5,10-11H2,1H3. The molecule has 2 rings (SSSR count). The van der Waals surface area contributed by atoms with Crippen LogP contribution in [0.5, 0.6) is 5.75 Å². The molecule has 0 unspecified atom stereocenters. The Hall–Kier alpha value is -1.81. The van der Waals surface area contributed by atoms with Crippen LogP contribution >= 0.6 is 11.3 Å².